The molecule has 1 aromatic rings. The van der Waals surface area contributed by atoms with Crippen LogP contribution in [0.1, 0.15) is 31.7 Å². The van der Waals surface area contributed by atoms with E-state index in [0.29, 0.717) is 12.0 Å². The van der Waals surface area contributed by atoms with E-state index in [1.807, 2.05) is 19.1 Å². The van der Waals surface area contributed by atoms with Gasteiger partial charge in [-0.3, -0.25) is 0 Å². The highest BCUT2D eigenvalue weighted by atomic mass is 16.5. The first kappa shape index (κ1) is 16.1. The van der Waals surface area contributed by atoms with E-state index in [-0.39, 0.29) is 0 Å². The molecule has 1 aliphatic rings. The SMILES string of the molecule is CCOc1ccc(CNCC2(CCOC)CC2)cc1OC. The first-order valence-electron chi connectivity index (χ1n) is 7.72. The molecular formula is C17H27NO3. The highest BCUT2D eigenvalue weighted by Crippen LogP contribution is 2.48. The fourth-order valence-corrected chi connectivity index (χ4v) is 2.58. The molecule has 0 saturated heterocycles. The van der Waals surface area contributed by atoms with E-state index in [1.165, 1.54) is 18.4 Å². The Morgan fingerprint density at radius 1 is 1.19 bits per heavy atom. The van der Waals surface area contributed by atoms with Crippen molar-refractivity contribution in [2.75, 3.05) is 34.0 Å². The number of nitrogens with one attached hydrogen (secondary N) is 1. The fourth-order valence-electron chi connectivity index (χ4n) is 2.58. The van der Waals surface area contributed by atoms with Crippen LogP contribution in [-0.4, -0.2) is 34.0 Å². The minimum absolute atomic E-state index is 0.478. The van der Waals surface area contributed by atoms with Crippen LogP contribution in [0.25, 0.3) is 0 Å². The summed E-state index contributed by atoms with van der Waals surface area (Å²) < 4.78 is 16.1. The first-order chi connectivity index (χ1) is 10.2. The van der Waals surface area contributed by atoms with Gasteiger partial charge < -0.3 is 19.5 Å². The average molecular weight is 293 g/mol. The van der Waals surface area contributed by atoms with Gasteiger partial charge in [0.25, 0.3) is 0 Å². The Bertz CT molecular complexity index is 444. The number of hydrogen-bond acceptors (Lipinski definition) is 4. The van der Waals surface area contributed by atoms with Crippen molar-refractivity contribution in [1.82, 2.24) is 5.32 Å². The molecule has 4 heteroatoms. The van der Waals surface area contributed by atoms with Crippen LogP contribution < -0.4 is 14.8 Å². The zero-order chi connectivity index (χ0) is 15.1. The van der Waals surface area contributed by atoms with Crippen molar-refractivity contribution in [3.05, 3.63) is 23.8 Å². The standard InChI is InChI=1S/C17H27NO3/c1-4-21-15-6-5-14(11-16(15)20-3)12-18-13-17(7-8-17)9-10-19-2/h5-6,11,18H,4,7-10,12-13H2,1-3H3. The topological polar surface area (TPSA) is 39.7 Å². The Morgan fingerprint density at radius 2 is 2.00 bits per heavy atom. The molecule has 0 aromatic heterocycles. The van der Waals surface area contributed by atoms with Crippen molar-refractivity contribution >= 4 is 0 Å². The van der Waals surface area contributed by atoms with Crippen molar-refractivity contribution < 1.29 is 14.2 Å². The third kappa shape index (κ3) is 4.61. The van der Waals surface area contributed by atoms with Crippen molar-refractivity contribution in [1.29, 1.82) is 0 Å². The number of benzene rings is 1. The third-order valence-corrected chi connectivity index (χ3v) is 4.15. The lowest BCUT2D eigenvalue weighted by atomic mass is 10.0. The Labute approximate surface area is 127 Å². The van der Waals surface area contributed by atoms with Gasteiger partial charge in [0.05, 0.1) is 13.7 Å². The molecule has 1 saturated carbocycles. The Hall–Kier alpha value is -1.26. The number of methoxy groups -OCH3 is 2. The molecule has 1 aromatic carbocycles. The van der Waals surface area contributed by atoms with Crippen LogP contribution in [0.3, 0.4) is 0 Å². The summed E-state index contributed by atoms with van der Waals surface area (Å²) in [5.41, 5.74) is 1.70. The van der Waals surface area contributed by atoms with Crippen LogP contribution in [-0.2, 0) is 11.3 Å². The van der Waals surface area contributed by atoms with Gasteiger partial charge in [0, 0.05) is 26.8 Å². The van der Waals surface area contributed by atoms with Gasteiger partial charge in [-0.25, -0.2) is 0 Å². The summed E-state index contributed by atoms with van der Waals surface area (Å²) >= 11 is 0. The maximum atomic E-state index is 5.54. The van der Waals surface area contributed by atoms with Crippen LogP contribution in [0.2, 0.25) is 0 Å². The zero-order valence-electron chi connectivity index (χ0n) is 13.4. The van der Waals surface area contributed by atoms with Crippen LogP contribution >= 0.6 is 0 Å². The summed E-state index contributed by atoms with van der Waals surface area (Å²) in [6.07, 6.45) is 3.79. The van der Waals surface area contributed by atoms with E-state index in [0.717, 1.165) is 37.6 Å². The van der Waals surface area contributed by atoms with Gasteiger partial charge in [-0.05, 0) is 49.3 Å². The molecule has 0 heterocycles. The van der Waals surface area contributed by atoms with Crippen LogP contribution in [0.4, 0.5) is 0 Å². The van der Waals surface area contributed by atoms with Gasteiger partial charge in [-0.2, -0.15) is 0 Å². The number of hydrogen-bond donors (Lipinski definition) is 1. The number of rotatable bonds is 10. The monoisotopic (exact) mass is 293 g/mol. The molecule has 0 unspecified atom stereocenters. The molecule has 4 nitrogen and oxygen atoms in total. The molecule has 1 N–H and O–H groups in total. The molecule has 118 valence electrons. The number of ether oxygens (including phenoxy) is 3. The molecule has 0 atom stereocenters. The molecular weight excluding hydrogens is 266 g/mol. The summed E-state index contributed by atoms with van der Waals surface area (Å²) in [4.78, 5) is 0. The normalized spacial score (nSPS) is 15.8. The second-order valence-electron chi connectivity index (χ2n) is 5.76. The minimum atomic E-state index is 0.478. The Balaban J connectivity index is 1.83. The van der Waals surface area contributed by atoms with Crippen LogP contribution in [0.5, 0.6) is 11.5 Å². The molecule has 0 amide bonds. The minimum Gasteiger partial charge on any atom is -0.493 e. The summed E-state index contributed by atoms with van der Waals surface area (Å²) in [5, 5.41) is 3.56. The average Bonchev–Trinajstić information content (AvgIpc) is 3.27. The molecule has 2 rings (SSSR count). The first-order valence-corrected chi connectivity index (χ1v) is 7.72. The Morgan fingerprint density at radius 3 is 2.62 bits per heavy atom. The van der Waals surface area contributed by atoms with Gasteiger partial charge in [0.15, 0.2) is 11.5 Å². The summed E-state index contributed by atoms with van der Waals surface area (Å²) in [6.45, 7) is 5.40. The van der Waals surface area contributed by atoms with Crippen LogP contribution in [0.15, 0.2) is 18.2 Å². The van der Waals surface area contributed by atoms with E-state index in [1.54, 1.807) is 14.2 Å². The maximum absolute atomic E-state index is 5.54. The lowest BCUT2D eigenvalue weighted by Crippen LogP contribution is -2.24. The third-order valence-electron chi connectivity index (χ3n) is 4.15. The molecule has 0 aliphatic heterocycles. The van der Waals surface area contributed by atoms with Gasteiger partial charge in [0.1, 0.15) is 0 Å². The van der Waals surface area contributed by atoms with Crippen molar-refractivity contribution in [2.45, 2.75) is 32.7 Å². The fraction of sp³-hybridized carbons (Fsp3) is 0.647. The summed E-state index contributed by atoms with van der Waals surface area (Å²) in [7, 11) is 3.45. The summed E-state index contributed by atoms with van der Waals surface area (Å²) in [6, 6.07) is 6.12. The van der Waals surface area contributed by atoms with Gasteiger partial charge in [-0.15, -0.1) is 0 Å². The van der Waals surface area contributed by atoms with Gasteiger partial charge >= 0.3 is 0 Å². The lowest BCUT2D eigenvalue weighted by molar-refractivity contribution is 0.171. The van der Waals surface area contributed by atoms with E-state index in [4.69, 9.17) is 14.2 Å². The van der Waals surface area contributed by atoms with Crippen LogP contribution in [0, 0.1) is 5.41 Å². The molecule has 0 radical (unpaired) electrons. The highest BCUT2D eigenvalue weighted by Gasteiger charge is 2.41. The van der Waals surface area contributed by atoms with E-state index >= 15 is 0 Å². The predicted octanol–water partition coefficient (Wildman–Crippen LogP) is 3.00. The molecule has 1 fully saturated rings. The lowest BCUT2D eigenvalue weighted by Gasteiger charge is -2.16. The van der Waals surface area contributed by atoms with Crippen molar-refractivity contribution in [3.63, 3.8) is 0 Å². The van der Waals surface area contributed by atoms with Gasteiger partial charge in [-0.1, -0.05) is 6.07 Å². The smallest absolute Gasteiger partial charge is 0.161 e. The predicted molar refractivity (Wildman–Crippen MR) is 84.0 cm³/mol. The quantitative estimate of drug-likeness (QED) is 0.720. The second kappa shape index (κ2) is 7.66. The van der Waals surface area contributed by atoms with Gasteiger partial charge in [0.2, 0.25) is 0 Å². The van der Waals surface area contributed by atoms with E-state index in [9.17, 15) is 0 Å². The zero-order valence-corrected chi connectivity index (χ0v) is 13.4. The molecule has 21 heavy (non-hydrogen) atoms. The molecule has 0 spiro atoms. The molecule has 0 bridgehead atoms. The van der Waals surface area contributed by atoms with Crippen molar-refractivity contribution in [3.8, 4) is 11.5 Å². The van der Waals surface area contributed by atoms with E-state index < -0.39 is 0 Å². The maximum Gasteiger partial charge on any atom is 0.161 e. The van der Waals surface area contributed by atoms with E-state index in [2.05, 4.69) is 11.4 Å². The molecule has 1 aliphatic carbocycles. The highest BCUT2D eigenvalue weighted by molar-refractivity contribution is 5.42. The summed E-state index contributed by atoms with van der Waals surface area (Å²) in [5.74, 6) is 1.61. The largest absolute Gasteiger partial charge is 0.493 e. The second-order valence-corrected chi connectivity index (χ2v) is 5.76. The Kier molecular flexibility index (Phi) is 5.88. The van der Waals surface area contributed by atoms with Crippen molar-refractivity contribution in [2.24, 2.45) is 5.41 Å².